The van der Waals surface area contributed by atoms with E-state index in [-0.39, 0.29) is 11.8 Å². The molecule has 0 saturated heterocycles. The van der Waals surface area contributed by atoms with E-state index in [1.54, 1.807) is 0 Å². The molecule has 7 atom stereocenters. The number of fused-ring (bicyclic) bond motifs is 2. The molecule has 0 aliphatic heterocycles. The minimum Gasteiger partial charge on any atom is -0.126 e. The molecule has 0 amide bonds. The fourth-order valence-corrected chi connectivity index (χ4v) is 8.95. The van der Waals surface area contributed by atoms with Gasteiger partial charge >= 0.3 is 0 Å². The smallest absolute Gasteiger partial charge is 0.117 e. The van der Waals surface area contributed by atoms with E-state index in [1.165, 1.54) is 0 Å². The predicted molar refractivity (Wildman–Crippen MR) is 88.6 cm³/mol. The van der Waals surface area contributed by atoms with Crippen LogP contribution in [0.4, 0.5) is 0 Å². The molecule has 0 nitrogen and oxygen atoms in total. The SMILES string of the molecule is ClC[C@@]1(C(Cl)Cl)C2[C@@H](Cl)C(Cl)C1(C(Cl)Cl)[C@@H](Cl)[C@@H]2Cl. The van der Waals surface area contributed by atoms with Gasteiger partial charge in [0.05, 0.1) is 21.5 Å². The minimum absolute atomic E-state index is 0.0736. The summed E-state index contributed by atoms with van der Waals surface area (Å²) in [6, 6.07) is 0. The van der Waals surface area contributed by atoms with E-state index < -0.39 is 42.0 Å². The standard InChI is InChI=1S/C10H9Cl9/c11-1-9(7(16)17)2-3(12)5(14)10(9,8(18)19)6(15)4(2)13/h2-8H,1H2/t2?,3-,4-,5+,6?,9+,10?/m1/s1. The highest BCUT2D eigenvalue weighted by molar-refractivity contribution is 6.49. The third kappa shape index (κ3) is 1.94. The van der Waals surface area contributed by atoms with Crippen molar-refractivity contribution >= 4 is 104 Å². The van der Waals surface area contributed by atoms with Crippen molar-refractivity contribution in [1.82, 2.24) is 0 Å². The summed E-state index contributed by atoms with van der Waals surface area (Å²) in [6.45, 7) is 0. The van der Waals surface area contributed by atoms with Gasteiger partial charge in [-0.3, -0.25) is 0 Å². The molecule has 0 N–H and O–H groups in total. The highest BCUT2D eigenvalue weighted by Gasteiger charge is 2.82. The maximum atomic E-state index is 6.46. The van der Waals surface area contributed by atoms with Crippen LogP contribution in [0.15, 0.2) is 0 Å². The molecule has 2 rings (SSSR count). The molecular weight excluding hydrogens is 439 g/mol. The molecule has 0 radical (unpaired) electrons. The van der Waals surface area contributed by atoms with E-state index in [0.29, 0.717) is 0 Å². The quantitative estimate of drug-likeness (QED) is 0.474. The van der Waals surface area contributed by atoms with Crippen LogP contribution in [-0.2, 0) is 0 Å². The highest BCUT2D eigenvalue weighted by atomic mass is 35.5. The van der Waals surface area contributed by atoms with Crippen LogP contribution < -0.4 is 0 Å². The van der Waals surface area contributed by atoms with Gasteiger partial charge < -0.3 is 0 Å². The number of halogens is 9. The van der Waals surface area contributed by atoms with Gasteiger partial charge in [0.1, 0.15) is 9.67 Å². The molecule has 0 spiro atoms. The van der Waals surface area contributed by atoms with Crippen molar-refractivity contribution in [3.05, 3.63) is 0 Å². The summed E-state index contributed by atoms with van der Waals surface area (Å²) in [7, 11) is 0. The zero-order valence-corrected chi connectivity index (χ0v) is 16.0. The zero-order chi connectivity index (χ0) is 14.7. The molecular formula is C10H9Cl9. The molecule has 0 aromatic carbocycles. The first-order valence-electron chi connectivity index (χ1n) is 5.39. The Balaban J connectivity index is 2.72. The number of hydrogen-bond donors (Lipinski definition) is 0. The summed E-state index contributed by atoms with van der Waals surface area (Å²) in [5.74, 6) is -0.289. The van der Waals surface area contributed by atoms with Crippen molar-refractivity contribution in [3.8, 4) is 0 Å². The summed E-state index contributed by atoms with van der Waals surface area (Å²) in [4.78, 5) is -1.82. The van der Waals surface area contributed by atoms with Crippen molar-refractivity contribution in [2.45, 2.75) is 31.2 Å². The van der Waals surface area contributed by atoms with Crippen molar-refractivity contribution < 1.29 is 0 Å². The fourth-order valence-electron chi connectivity index (χ4n) is 3.63. The van der Waals surface area contributed by atoms with Crippen LogP contribution in [0.5, 0.6) is 0 Å². The van der Waals surface area contributed by atoms with Gasteiger partial charge in [-0.2, -0.15) is 0 Å². The largest absolute Gasteiger partial charge is 0.126 e. The molecule has 3 unspecified atom stereocenters. The third-order valence-electron chi connectivity index (χ3n) is 4.53. The fraction of sp³-hybridized carbons (Fsp3) is 1.00. The van der Waals surface area contributed by atoms with Crippen molar-refractivity contribution in [2.75, 3.05) is 5.88 Å². The maximum Gasteiger partial charge on any atom is 0.117 e. The summed E-state index contributed by atoms with van der Waals surface area (Å²) in [5.41, 5.74) is -1.97. The molecule has 0 aromatic heterocycles. The molecule has 2 fully saturated rings. The Morgan fingerprint density at radius 2 is 1.21 bits per heavy atom. The van der Waals surface area contributed by atoms with Crippen LogP contribution in [0.25, 0.3) is 0 Å². The molecule has 2 aliphatic carbocycles. The number of rotatable bonds is 3. The van der Waals surface area contributed by atoms with Crippen LogP contribution in [0.1, 0.15) is 0 Å². The topological polar surface area (TPSA) is 0 Å². The van der Waals surface area contributed by atoms with E-state index in [2.05, 4.69) is 0 Å². The third-order valence-corrected chi connectivity index (χ3v) is 9.04. The average molecular weight is 448 g/mol. The van der Waals surface area contributed by atoms with E-state index in [1.807, 2.05) is 0 Å². The van der Waals surface area contributed by atoms with Gasteiger partial charge in [-0.25, -0.2) is 0 Å². The second-order valence-electron chi connectivity index (χ2n) is 4.93. The van der Waals surface area contributed by atoms with Crippen LogP contribution >= 0.6 is 104 Å². The zero-order valence-electron chi connectivity index (χ0n) is 9.15. The molecule has 19 heavy (non-hydrogen) atoms. The van der Waals surface area contributed by atoms with E-state index in [0.717, 1.165) is 0 Å². The van der Waals surface area contributed by atoms with Crippen molar-refractivity contribution in [3.63, 3.8) is 0 Å². The Kier molecular flexibility index (Phi) is 5.59. The summed E-state index contributed by atoms with van der Waals surface area (Å²) >= 11 is 56.7. The monoisotopic (exact) mass is 444 g/mol. The van der Waals surface area contributed by atoms with E-state index >= 15 is 0 Å². The van der Waals surface area contributed by atoms with Crippen molar-refractivity contribution in [1.29, 1.82) is 0 Å². The van der Waals surface area contributed by atoms with Gasteiger partial charge in [-0.1, -0.05) is 0 Å². The number of hydrogen-bond acceptors (Lipinski definition) is 0. The maximum absolute atomic E-state index is 6.46. The average Bonchev–Trinajstić information content (AvgIpc) is 2.66. The lowest BCUT2D eigenvalue weighted by Crippen LogP contribution is -2.55. The second kappa shape index (κ2) is 5.91. The Bertz CT molecular complexity index is 343. The van der Waals surface area contributed by atoms with Gasteiger partial charge in [0.2, 0.25) is 0 Å². The van der Waals surface area contributed by atoms with E-state index in [9.17, 15) is 0 Å². The van der Waals surface area contributed by atoms with Crippen LogP contribution in [0, 0.1) is 16.7 Å². The highest BCUT2D eigenvalue weighted by Crippen LogP contribution is 2.76. The van der Waals surface area contributed by atoms with Gasteiger partial charge in [-0.15, -0.1) is 104 Å². The molecule has 2 bridgehead atoms. The molecule has 0 heterocycles. The lowest BCUT2D eigenvalue weighted by molar-refractivity contribution is 0.147. The lowest BCUT2D eigenvalue weighted by atomic mass is 9.69. The predicted octanol–water partition coefficient (Wildman–Crippen LogP) is 5.88. The van der Waals surface area contributed by atoms with Crippen LogP contribution in [-0.4, -0.2) is 37.1 Å². The Morgan fingerprint density at radius 1 is 0.789 bits per heavy atom. The first kappa shape index (κ1) is 18.0. The van der Waals surface area contributed by atoms with Crippen LogP contribution in [0.3, 0.4) is 0 Å². The van der Waals surface area contributed by atoms with Gasteiger partial charge in [0.25, 0.3) is 0 Å². The Labute approximate surface area is 157 Å². The normalized spacial score (nSPS) is 53.5. The molecule has 112 valence electrons. The van der Waals surface area contributed by atoms with Gasteiger partial charge in [-0.05, 0) is 0 Å². The van der Waals surface area contributed by atoms with Crippen LogP contribution in [0.2, 0.25) is 0 Å². The minimum atomic E-state index is -1.04. The second-order valence-corrected chi connectivity index (χ2v) is 9.33. The molecule has 2 saturated carbocycles. The lowest BCUT2D eigenvalue weighted by Gasteiger charge is -2.47. The van der Waals surface area contributed by atoms with Gasteiger partial charge in [0.15, 0.2) is 0 Å². The summed E-state index contributed by atoms with van der Waals surface area (Å²) in [5, 5.41) is -2.23. The first-order valence-corrected chi connectivity index (χ1v) is 9.42. The summed E-state index contributed by atoms with van der Waals surface area (Å²) < 4.78 is 0. The Hall–Kier alpha value is 2.61. The van der Waals surface area contributed by atoms with Gasteiger partial charge in [0, 0.05) is 22.6 Å². The van der Waals surface area contributed by atoms with E-state index in [4.69, 9.17) is 104 Å². The molecule has 0 aromatic rings. The van der Waals surface area contributed by atoms with Crippen molar-refractivity contribution in [2.24, 2.45) is 16.7 Å². The molecule has 2 aliphatic rings. The first-order chi connectivity index (χ1) is 8.71. The Morgan fingerprint density at radius 3 is 1.42 bits per heavy atom. The molecule has 9 heteroatoms. The summed E-state index contributed by atoms with van der Waals surface area (Å²) in [6.07, 6.45) is 0. The number of alkyl halides is 9.